The Morgan fingerprint density at radius 1 is 1.59 bits per heavy atom. The molecule has 0 saturated heterocycles. The van der Waals surface area contributed by atoms with Gasteiger partial charge in [-0.3, -0.25) is 4.79 Å². The molecule has 4 heteroatoms. The summed E-state index contributed by atoms with van der Waals surface area (Å²) >= 11 is 0. The number of hydrogen-bond acceptors (Lipinski definition) is 2. The zero-order chi connectivity index (χ0) is 12.4. The summed E-state index contributed by atoms with van der Waals surface area (Å²) in [5, 5.41) is 2.98. The third-order valence-corrected chi connectivity index (χ3v) is 3.17. The molecule has 4 nitrogen and oxygen atoms in total. The van der Waals surface area contributed by atoms with E-state index >= 15 is 0 Å². The van der Waals surface area contributed by atoms with Crippen LogP contribution in [0.5, 0.6) is 0 Å². The maximum atomic E-state index is 11.5. The van der Waals surface area contributed by atoms with E-state index in [-0.39, 0.29) is 5.91 Å². The molecule has 0 unspecified atom stereocenters. The standard InChI is InChI=1S/C13H21N3O/c1-9(2)16-10(3)8-15-12(16)6-7-14-13(17)11-4-5-11/h8-9,11H,4-7H2,1-3H3,(H,14,17). The third kappa shape index (κ3) is 2.87. The fourth-order valence-corrected chi connectivity index (χ4v) is 2.17. The minimum Gasteiger partial charge on any atom is -0.355 e. The number of imidazole rings is 1. The number of carbonyl (C=O) groups is 1. The van der Waals surface area contributed by atoms with Crippen molar-refractivity contribution in [3.8, 4) is 0 Å². The smallest absolute Gasteiger partial charge is 0.223 e. The highest BCUT2D eigenvalue weighted by atomic mass is 16.2. The van der Waals surface area contributed by atoms with Gasteiger partial charge in [0.2, 0.25) is 5.91 Å². The molecule has 1 saturated carbocycles. The second kappa shape index (κ2) is 4.90. The van der Waals surface area contributed by atoms with E-state index in [1.807, 2.05) is 6.20 Å². The first-order chi connectivity index (χ1) is 8.09. The Labute approximate surface area is 102 Å². The molecule has 1 N–H and O–H groups in total. The van der Waals surface area contributed by atoms with E-state index in [4.69, 9.17) is 0 Å². The number of nitrogens with zero attached hydrogens (tertiary/aromatic N) is 2. The lowest BCUT2D eigenvalue weighted by molar-refractivity contribution is -0.122. The van der Waals surface area contributed by atoms with E-state index in [0.717, 1.165) is 25.1 Å². The first-order valence-corrected chi connectivity index (χ1v) is 6.40. The second-order valence-corrected chi connectivity index (χ2v) is 5.09. The van der Waals surface area contributed by atoms with Gasteiger partial charge >= 0.3 is 0 Å². The number of amides is 1. The van der Waals surface area contributed by atoms with Crippen molar-refractivity contribution in [3.63, 3.8) is 0 Å². The molecule has 1 aromatic heterocycles. The first-order valence-electron chi connectivity index (χ1n) is 6.40. The van der Waals surface area contributed by atoms with Crippen molar-refractivity contribution in [1.29, 1.82) is 0 Å². The van der Waals surface area contributed by atoms with Gasteiger partial charge in [0.1, 0.15) is 5.82 Å². The molecule has 0 spiro atoms. The zero-order valence-electron chi connectivity index (χ0n) is 10.9. The summed E-state index contributed by atoms with van der Waals surface area (Å²) in [6.07, 6.45) is 4.83. The van der Waals surface area contributed by atoms with Crippen molar-refractivity contribution in [3.05, 3.63) is 17.7 Å². The van der Waals surface area contributed by atoms with E-state index in [0.29, 0.717) is 18.5 Å². The summed E-state index contributed by atoms with van der Waals surface area (Å²) in [6, 6.07) is 0.423. The monoisotopic (exact) mass is 235 g/mol. The highest BCUT2D eigenvalue weighted by molar-refractivity contribution is 5.80. The second-order valence-electron chi connectivity index (χ2n) is 5.09. The van der Waals surface area contributed by atoms with Gasteiger partial charge < -0.3 is 9.88 Å². The molecule has 1 aromatic rings. The van der Waals surface area contributed by atoms with Crippen LogP contribution in [0.25, 0.3) is 0 Å². The van der Waals surface area contributed by atoms with Crippen molar-refractivity contribution in [1.82, 2.24) is 14.9 Å². The third-order valence-electron chi connectivity index (χ3n) is 3.17. The number of carbonyl (C=O) groups excluding carboxylic acids is 1. The Morgan fingerprint density at radius 3 is 2.88 bits per heavy atom. The molecule has 0 aliphatic heterocycles. The van der Waals surface area contributed by atoms with Crippen molar-refractivity contribution in [2.45, 2.75) is 46.1 Å². The van der Waals surface area contributed by atoms with E-state index in [2.05, 4.69) is 35.6 Å². The Kier molecular flexibility index (Phi) is 3.50. The highest BCUT2D eigenvalue weighted by Gasteiger charge is 2.29. The minimum atomic E-state index is 0.212. The molecule has 0 atom stereocenters. The fraction of sp³-hybridized carbons (Fsp3) is 0.692. The van der Waals surface area contributed by atoms with E-state index < -0.39 is 0 Å². The van der Waals surface area contributed by atoms with Crippen molar-refractivity contribution >= 4 is 5.91 Å². The number of aromatic nitrogens is 2. The summed E-state index contributed by atoms with van der Waals surface area (Å²) in [7, 11) is 0. The van der Waals surface area contributed by atoms with Crippen LogP contribution in [-0.4, -0.2) is 22.0 Å². The number of aryl methyl sites for hydroxylation is 1. The van der Waals surface area contributed by atoms with Crippen LogP contribution in [0.4, 0.5) is 0 Å². The molecule has 2 rings (SSSR count). The molecule has 1 aliphatic rings. The van der Waals surface area contributed by atoms with Crippen molar-refractivity contribution < 1.29 is 4.79 Å². The fourth-order valence-electron chi connectivity index (χ4n) is 2.17. The molecule has 1 aliphatic carbocycles. The van der Waals surface area contributed by atoms with Crippen LogP contribution >= 0.6 is 0 Å². The van der Waals surface area contributed by atoms with Crippen LogP contribution in [-0.2, 0) is 11.2 Å². The summed E-state index contributed by atoms with van der Waals surface area (Å²) in [5.74, 6) is 1.57. The maximum absolute atomic E-state index is 11.5. The van der Waals surface area contributed by atoms with Crippen LogP contribution in [0, 0.1) is 12.8 Å². The lowest BCUT2D eigenvalue weighted by Crippen LogP contribution is -2.27. The van der Waals surface area contributed by atoms with Crippen LogP contribution in [0.1, 0.15) is 44.2 Å². The Bertz CT molecular complexity index is 405. The van der Waals surface area contributed by atoms with Crippen LogP contribution in [0.15, 0.2) is 6.20 Å². The van der Waals surface area contributed by atoms with Gasteiger partial charge in [-0.2, -0.15) is 0 Å². The maximum Gasteiger partial charge on any atom is 0.223 e. The van der Waals surface area contributed by atoms with Crippen molar-refractivity contribution in [2.75, 3.05) is 6.54 Å². The van der Waals surface area contributed by atoms with Gasteiger partial charge in [0, 0.05) is 36.8 Å². The SMILES string of the molecule is Cc1cnc(CCNC(=O)C2CC2)n1C(C)C. The van der Waals surface area contributed by atoms with Gasteiger partial charge in [-0.15, -0.1) is 0 Å². The lowest BCUT2D eigenvalue weighted by Gasteiger charge is -2.14. The van der Waals surface area contributed by atoms with Gasteiger partial charge in [-0.25, -0.2) is 4.98 Å². The quantitative estimate of drug-likeness (QED) is 0.846. The summed E-state index contributed by atoms with van der Waals surface area (Å²) in [5.41, 5.74) is 1.18. The van der Waals surface area contributed by atoms with Crippen LogP contribution in [0.2, 0.25) is 0 Å². The topological polar surface area (TPSA) is 46.9 Å². The molecule has 0 radical (unpaired) electrons. The van der Waals surface area contributed by atoms with Gasteiger partial charge in [0.15, 0.2) is 0 Å². The number of rotatable bonds is 5. The summed E-state index contributed by atoms with van der Waals surface area (Å²) < 4.78 is 2.23. The van der Waals surface area contributed by atoms with Crippen molar-refractivity contribution in [2.24, 2.45) is 5.92 Å². The molecule has 0 aromatic carbocycles. The zero-order valence-corrected chi connectivity index (χ0v) is 10.9. The van der Waals surface area contributed by atoms with Gasteiger partial charge in [-0.1, -0.05) is 0 Å². The van der Waals surface area contributed by atoms with E-state index in [9.17, 15) is 4.79 Å². The Hall–Kier alpha value is -1.32. The van der Waals surface area contributed by atoms with Crippen LogP contribution in [0.3, 0.4) is 0 Å². The lowest BCUT2D eigenvalue weighted by atomic mass is 10.3. The minimum absolute atomic E-state index is 0.212. The molecular weight excluding hydrogens is 214 g/mol. The molecule has 1 heterocycles. The molecular formula is C13H21N3O. The van der Waals surface area contributed by atoms with Crippen LogP contribution < -0.4 is 5.32 Å². The molecule has 0 bridgehead atoms. The van der Waals surface area contributed by atoms with E-state index in [1.54, 1.807) is 0 Å². The normalized spacial score (nSPS) is 15.3. The van der Waals surface area contributed by atoms with Gasteiger partial charge in [0.05, 0.1) is 0 Å². The average Bonchev–Trinajstić information content (AvgIpc) is 3.03. The Morgan fingerprint density at radius 2 is 2.29 bits per heavy atom. The molecule has 1 amide bonds. The number of nitrogens with one attached hydrogen (secondary N) is 1. The predicted molar refractivity (Wildman–Crippen MR) is 66.8 cm³/mol. The average molecular weight is 235 g/mol. The first kappa shape index (κ1) is 12.1. The Balaban J connectivity index is 1.87. The molecule has 17 heavy (non-hydrogen) atoms. The number of hydrogen-bond donors (Lipinski definition) is 1. The van der Waals surface area contributed by atoms with Gasteiger partial charge in [-0.05, 0) is 33.6 Å². The predicted octanol–water partition coefficient (Wildman–Crippen LogP) is 1.84. The highest BCUT2D eigenvalue weighted by Crippen LogP contribution is 2.28. The molecule has 94 valence electrons. The van der Waals surface area contributed by atoms with Gasteiger partial charge in [0.25, 0.3) is 0 Å². The molecule has 1 fully saturated rings. The summed E-state index contributed by atoms with van der Waals surface area (Å²) in [6.45, 7) is 7.07. The summed E-state index contributed by atoms with van der Waals surface area (Å²) in [4.78, 5) is 15.9. The largest absolute Gasteiger partial charge is 0.355 e. The van der Waals surface area contributed by atoms with E-state index in [1.165, 1.54) is 5.69 Å².